The fraction of sp³-hybridized carbons (Fsp3) is 0.538. The lowest BCUT2D eigenvalue weighted by Crippen LogP contribution is -2.16. The van der Waals surface area contributed by atoms with Crippen LogP contribution in [0.3, 0.4) is 0 Å². The molecule has 0 aliphatic rings. The van der Waals surface area contributed by atoms with Gasteiger partial charge in [-0.25, -0.2) is 0 Å². The van der Waals surface area contributed by atoms with Crippen molar-refractivity contribution in [3.63, 3.8) is 0 Å². The van der Waals surface area contributed by atoms with Gasteiger partial charge in [0.2, 0.25) is 0 Å². The summed E-state index contributed by atoms with van der Waals surface area (Å²) in [7, 11) is 1.65. The van der Waals surface area contributed by atoms with E-state index in [9.17, 15) is 5.11 Å². The van der Waals surface area contributed by atoms with Gasteiger partial charge in [-0.3, -0.25) is 0 Å². The summed E-state index contributed by atoms with van der Waals surface area (Å²) in [5.41, 5.74) is 1.93. The molecule has 3 nitrogen and oxygen atoms in total. The Morgan fingerprint density at radius 2 is 2.00 bits per heavy atom. The molecule has 0 saturated heterocycles. The second-order valence-corrected chi connectivity index (χ2v) is 4.07. The fourth-order valence-electron chi connectivity index (χ4n) is 1.39. The van der Waals surface area contributed by atoms with Crippen LogP contribution in [-0.4, -0.2) is 24.9 Å². The number of ether oxygens (including phenoxy) is 2. The molecule has 3 heteroatoms. The van der Waals surface area contributed by atoms with E-state index < -0.39 is 6.10 Å². The van der Waals surface area contributed by atoms with Crippen LogP contribution in [0.4, 0.5) is 0 Å². The summed E-state index contributed by atoms with van der Waals surface area (Å²) >= 11 is 0. The summed E-state index contributed by atoms with van der Waals surface area (Å²) in [6, 6.07) is 5.80. The van der Waals surface area contributed by atoms with E-state index in [4.69, 9.17) is 9.47 Å². The maximum atomic E-state index is 9.61. The number of rotatable bonds is 5. The molecule has 0 aliphatic carbocycles. The predicted molar refractivity (Wildman–Crippen MR) is 63.8 cm³/mol. The number of aryl methyl sites for hydroxylation is 1. The van der Waals surface area contributed by atoms with Gasteiger partial charge in [0.15, 0.2) is 0 Å². The van der Waals surface area contributed by atoms with Crippen molar-refractivity contribution in [1.82, 2.24) is 0 Å². The first-order valence-electron chi connectivity index (χ1n) is 5.48. The highest BCUT2D eigenvalue weighted by molar-refractivity contribution is 5.38. The average Bonchev–Trinajstić information content (AvgIpc) is 2.25. The molecule has 0 spiro atoms. The van der Waals surface area contributed by atoms with Crippen molar-refractivity contribution in [2.45, 2.75) is 33.0 Å². The van der Waals surface area contributed by atoms with Crippen LogP contribution < -0.4 is 4.74 Å². The maximum absolute atomic E-state index is 9.61. The Balaban J connectivity index is 2.80. The molecule has 0 bridgehead atoms. The molecule has 0 aliphatic heterocycles. The van der Waals surface area contributed by atoms with Crippen molar-refractivity contribution < 1.29 is 14.6 Å². The van der Waals surface area contributed by atoms with E-state index in [1.807, 2.05) is 32.0 Å². The first kappa shape index (κ1) is 13.0. The third-order valence-electron chi connectivity index (χ3n) is 2.50. The monoisotopic (exact) mass is 224 g/mol. The zero-order valence-corrected chi connectivity index (χ0v) is 10.4. The highest BCUT2D eigenvalue weighted by atomic mass is 16.5. The highest BCUT2D eigenvalue weighted by Gasteiger charge is 2.10. The number of methoxy groups -OCH3 is 1. The van der Waals surface area contributed by atoms with Crippen LogP contribution >= 0.6 is 0 Å². The van der Waals surface area contributed by atoms with E-state index in [2.05, 4.69) is 0 Å². The third kappa shape index (κ3) is 3.51. The van der Waals surface area contributed by atoms with E-state index in [-0.39, 0.29) is 6.10 Å². The van der Waals surface area contributed by atoms with Crippen molar-refractivity contribution in [1.29, 1.82) is 0 Å². The molecule has 16 heavy (non-hydrogen) atoms. The standard InChI is InChI=1S/C13H20O3/c1-9-5-6-12(11(3)14)13(7-9)16-8-10(2)15-4/h5-7,10-11,14H,8H2,1-4H3. The van der Waals surface area contributed by atoms with Crippen LogP contribution in [0.15, 0.2) is 18.2 Å². The van der Waals surface area contributed by atoms with E-state index >= 15 is 0 Å². The van der Waals surface area contributed by atoms with Crippen LogP contribution in [0, 0.1) is 6.92 Å². The second-order valence-electron chi connectivity index (χ2n) is 4.07. The largest absolute Gasteiger partial charge is 0.491 e. The Labute approximate surface area is 97.0 Å². The quantitative estimate of drug-likeness (QED) is 0.835. The molecule has 1 rings (SSSR count). The van der Waals surface area contributed by atoms with Crippen LogP contribution in [0.2, 0.25) is 0 Å². The van der Waals surface area contributed by atoms with Gasteiger partial charge in [0.05, 0.1) is 12.2 Å². The number of aliphatic hydroxyl groups is 1. The SMILES string of the molecule is COC(C)COc1cc(C)ccc1C(C)O. The van der Waals surface area contributed by atoms with Gasteiger partial charge < -0.3 is 14.6 Å². The first-order valence-corrected chi connectivity index (χ1v) is 5.48. The molecule has 0 fully saturated rings. The summed E-state index contributed by atoms with van der Waals surface area (Å²) in [4.78, 5) is 0. The molecule has 1 aromatic carbocycles. The zero-order chi connectivity index (χ0) is 12.1. The second kappa shape index (κ2) is 5.87. The minimum atomic E-state index is -0.520. The van der Waals surface area contributed by atoms with Gasteiger partial charge in [-0.05, 0) is 32.4 Å². The summed E-state index contributed by atoms with van der Waals surface area (Å²) in [5, 5.41) is 9.61. The molecular formula is C13H20O3. The van der Waals surface area contributed by atoms with Crippen LogP contribution in [0.25, 0.3) is 0 Å². The number of hydrogen-bond acceptors (Lipinski definition) is 3. The average molecular weight is 224 g/mol. The smallest absolute Gasteiger partial charge is 0.125 e. The van der Waals surface area contributed by atoms with Crippen molar-refractivity contribution >= 4 is 0 Å². The molecule has 2 unspecified atom stereocenters. The summed E-state index contributed by atoms with van der Waals surface area (Å²) in [6.45, 7) is 6.16. The third-order valence-corrected chi connectivity index (χ3v) is 2.50. The normalized spacial score (nSPS) is 14.6. The molecule has 0 aromatic heterocycles. The van der Waals surface area contributed by atoms with E-state index in [1.54, 1.807) is 14.0 Å². The molecule has 0 saturated carbocycles. The molecule has 0 amide bonds. The van der Waals surface area contributed by atoms with E-state index in [0.717, 1.165) is 16.9 Å². The van der Waals surface area contributed by atoms with Crippen molar-refractivity contribution in [2.75, 3.05) is 13.7 Å². The molecule has 1 N–H and O–H groups in total. The van der Waals surface area contributed by atoms with E-state index in [0.29, 0.717) is 6.61 Å². The Kier molecular flexibility index (Phi) is 4.77. The van der Waals surface area contributed by atoms with Gasteiger partial charge in [-0.1, -0.05) is 12.1 Å². The van der Waals surface area contributed by atoms with Gasteiger partial charge >= 0.3 is 0 Å². The number of aliphatic hydroxyl groups excluding tert-OH is 1. The van der Waals surface area contributed by atoms with Gasteiger partial charge in [-0.2, -0.15) is 0 Å². The van der Waals surface area contributed by atoms with Crippen molar-refractivity contribution in [2.24, 2.45) is 0 Å². The van der Waals surface area contributed by atoms with Crippen molar-refractivity contribution in [3.05, 3.63) is 29.3 Å². The van der Waals surface area contributed by atoms with Crippen LogP contribution in [0.1, 0.15) is 31.1 Å². The number of hydrogen-bond donors (Lipinski definition) is 1. The first-order chi connectivity index (χ1) is 7.54. The summed E-state index contributed by atoms with van der Waals surface area (Å²) in [6.07, 6.45) is -0.476. The minimum Gasteiger partial charge on any atom is -0.491 e. The van der Waals surface area contributed by atoms with Crippen molar-refractivity contribution in [3.8, 4) is 5.75 Å². The van der Waals surface area contributed by atoms with Gasteiger partial charge in [-0.15, -0.1) is 0 Å². The maximum Gasteiger partial charge on any atom is 0.125 e. The fourth-order valence-corrected chi connectivity index (χ4v) is 1.39. The summed E-state index contributed by atoms with van der Waals surface area (Å²) < 4.78 is 10.8. The molecule has 0 heterocycles. The Morgan fingerprint density at radius 1 is 1.31 bits per heavy atom. The lowest BCUT2D eigenvalue weighted by molar-refractivity contribution is 0.0699. The van der Waals surface area contributed by atoms with Crippen LogP contribution in [0.5, 0.6) is 5.75 Å². The lowest BCUT2D eigenvalue weighted by atomic mass is 10.1. The zero-order valence-electron chi connectivity index (χ0n) is 10.4. The predicted octanol–water partition coefficient (Wildman–Crippen LogP) is 2.46. The van der Waals surface area contributed by atoms with Gasteiger partial charge in [0.1, 0.15) is 12.4 Å². The molecule has 1 aromatic rings. The van der Waals surface area contributed by atoms with E-state index in [1.165, 1.54) is 0 Å². The molecule has 0 radical (unpaired) electrons. The summed E-state index contributed by atoms with van der Waals surface area (Å²) in [5.74, 6) is 0.735. The Bertz CT molecular complexity index is 334. The number of benzene rings is 1. The highest BCUT2D eigenvalue weighted by Crippen LogP contribution is 2.26. The van der Waals surface area contributed by atoms with Gasteiger partial charge in [0, 0.05) is 12.7 Å². The lowest BCUT2D eigenvalue weighted by Gasteiger charge is -2.16. The molecule has 2 atom stereocenters. The Hall–Kier alpha value is -1.06. The van der Waals surface area contributed by atoms with Crippen LogP contribution in [-0.2, 0) is 4.74 Å². The molecular weight excluding hydrogens is 204 g/mol. The topological polar surface area (TPSA) is 38.7 Å². The van der Waals surface area contributed by atoms with Gasteiger partial charge in [0.25, 0.3) is 0 Å². The Morgan fingerprint density at radius 3 is 2.56 bits per heavy atom. The molecule has 90 valence electrons. The minimum absolute atomic E-state index is 0.0439.